The van der Waals surface area contributed by atoms with Crippen LogP contribution in [-0.4, -0.2) is 23.7 Å². The Morgan fingerprint density at radius 2 is 2.19 bits per heavy atom. The maximum atomic E-state index is 5.86. The highest BCUT2D eigenvalue weighted by Crippen LogP contribution is 2.35. The zero-order valence-electron chi connectivity index (χ0n) is 13.6. The topological polar surface area (TPSA) is 21.3 Å². The SMILES string of the molecule is CCCNC(c1cccc(OC(C)C)c1)C1CCCCS1. The van der Waals surface area contributed by atoms with E-state index < -0.39 is 0 Å². The second-order valence-corrected chi connectivity index (χ2v) is 7.42. The summed E-state index contributed by atoms with van der Waals surface area (Å²) in [4.78, 5) is 0. The van der Waals surface area contributed by atoms with E-state index in [1.54, 1.807) is 0 Å². The molecule has 1 fully saturated rings. The molecule has 0 aliphatic carbocycles. The molecule has 21 heavy (non-hydrogen) atoms. The molecule has 0 amide bonds. The molecule has 3 heteroatoms. The number of hydrogen-bond donors (Lipinski definition) is 1. The average Bonchev–Trinajstić information content (AvgIpc) is 2.48. The Labute approximate surface area is 134 Å². The van der Waals surface area contributed by atoms with E-state index in [4.69, 9.17) is 4.74 Å². The molecule has 2 rings (SSSR count). The number of thioether (sulfide) groups is 1. The van der Waals surface area contributed by atoms with Crippen molar-refractivity contribution < 1.29 is 4.74 Å². The average molecular weight is 308 g/mol. The zero-order valence-corrected chi connectivity index (χ0v) is 14.4. The molecule has 0 radical (unpaired) electrons. The Balaban J connectivity index is 2.14. The standard InChI is InChI=1S/C18H29NOS/c1-4-11-19-18(17-10-5-6-12-21-17)15-8-7-9-16(13-15)20-14(2)3/h7-9,13-14,17-19H,4-6,10-12H2,1-3H3. The van der Waals surface area contributed by atoms with Gasteiger partial charge in [-0.2, -0.15) is 11.8 Å². The molecule has 1 aliphatic rings. The Morgan fingerprint density at radius 1 is 1.33 bits per heavy atom. The van der Waals surface area contributed by atoms with Gasteiger partial charge in [0.1, 0.15) is 5.75 Å². The van der Waals surface area contributed by atoms with Crippen LogP contribution in [0.25, 0.3) is 0 Å². The van der Waals surface area contributed by atoms with Crippen LogP contribution in [0.3, 0.4) is 0 Å². The van der Waals surface area contributed by atoms with Crippen molar-refractivity contribution in [3.63, 3.8) is 0 Å². The number of hydrogen-bond acceptors (Lipinski definition) is 3. The van der Waals surface area contributed by atoms with Crippen molar-refractivity contribution in [3.8, 4) is 5.75 Å². The largest absolute Gasteiger partial charge is 0.491 e. The minimum absolute atomic E-state index is 0.228. The fourth-order valence-electron chi connectivity index (χ4n) is 2.85. The molecule has 118 valence electrons. The lowest BCUT2D eigenvalue weighted by Crippen LogP contribution is -2.32. The van der Waals surface area contributed by atoms with Gasteiger partial charge in [-0.15, -0.1) is 0 Å². The Kier molecular flexibility index (Phi) is 6.91. The van der Waals surface area contributed by atoms with E-state index in [0.717, 1.165) is 12.3 Å². The second-order valence-electron chi connectivity index (χ2n) is 6.08. The van der Waals surface area contributed by atoms with Gasteiger partial charge < -0.3 is 10.1 Å². The summed E-state index contributed by atoms with van der Waals surface area (Å²) in [6.45, 7) is 7.47. The molecule has 1 heterocycles. The fourth-order valence-corrected chi connectivity index (χ4v) is 4.30. The molecule has 2 nitrogen and oxygen atoms in total. The van der Waals surface area contributed by atoms with Crippen molar-refractivity contribution in [1.82, 2.24) is 5.32 Å². The van der Waals surface area contributed by atoms with Gasteiger partial charge in [-0.1, -0.05) is 25.5 Å². The maximum absolute atomic E-state index is 5.86. The van der Waals surface area contributed by atoms with Gasteiger partial charge in [-0.3, -0.25) is 0 Å². The normalized spacial score (nSPS) is 20.5. The molecule has 2 atom stereocenters. The van der Waals surface area contributed by atoms with Gasteiger partial charge in [0.25, 0.3) is 0 Å². The first-order valence-electron chi connectivity index (χ1n) is 8.32. The molecule has 0 spiro atoms. The summed E-state index contributed by atoms with van der Waals surface area (Å²) in [5.41, 5.74) is 1.38. The molecule has 0 saturated carbocycles. The van der Waals surface area contributed by atoms with Gasteiger partial charge in [-0.25, -0.2) is 0 Å². The third-order valence-electron chi connectivity index (χ3n) is 3.79. The lowest BCUT2D eigenvalue weighted by Gasteiger charge is -2.31. The van der Waals surface area contributed by atoms with Crippen LogP contribution in [0, 0.1) is 0 Å². The Hall–Kier alpha value is -0.670. The van der Waals surface area contributed by atoms with Crippen molar-refractivity contribution in [3.05, 3.63) is 29.8 Å². The van der Waals surface area contributed by atoms with E-state index in [9.17, 15) is 0 Å². The van der Waals surface area contributed by atoms with Gasteiger partial charge in [-0.05, 0) is 63.1 Å². The molecular formula is C18H29NOS. The van der Waals surface area contributed by atoms with Crippen LogP contribution in [0.15, 0.2) is 24.3 Å². The Morgan fingerprint density at radius 3 is 2.86 bits per heavy atom. The summed E-state index contributed by atoms with van der Waals surface area (Å²) >= 11 is 2.13. The van der Waals surface area contributed by atoms with Crippen molar-refractivity contribution in [1.29, 1.82) is 0 Å². The van der Waals surface area contributed by atoms with Crippen molar-refractivity contribution >= 4 is 11.8 Å². The molecule has 0 aromatic heterocycles. The lowest BCUT2D eigenvalue weighted by atomic mass is 9.99. The highest BCUT2D eigenvalue weighted by molar-refractivity contribution is 8.00. The molecule has 1 saturated heterocycles. The predicted molar refractivity (Wildman–Crippen MR) is 93.3 cm³/mol. The monoisotopic (exact) mass is 307 g/mol. The lowest BCUT2D eigenvalue weighted by molar-refractivity contribution is 0.242. The fraction of sp³-hybridized carbons (Fsp3) is 0.667. The number of ether oxygens (including phenoxy) is 1. The molecule has 1 aromatic rings. The molecule has 1 aliphatic heterocycles. The van der Waals surface area contributed by atoms with E-state index in [0.29, 0.717) is 11.3 Å². The molecule has 1 aromatic carbocycles. The first-order chi connectivity index (χ1) is 10.2. The highest BCUT2D eigenvalue weighted by Gasteiger charge is 2.25. The van der Waals surface area contributed by atoms with Crippen LogP contribution in [-0.2, 0) is 0 Å². The summed E-state index contributed by atoms with van der Waals surface area (Å²) in [6.07, 6.45) is 5.46. The van der Waals surface area contributed by atoms with Gasteiger partial charge in [0, 0.05) is 11.3 Å². The van der Waals surface area contributed by atoms with Crippen LogP contribution in [0.1, 0.15) is 58.1 Å². The molecule has 2 unspecified atom stereocenters. The van der Waals surface area contributed by atoms with Gasteiger partial charge in [0.2, 0.25) is 0 Å². The third kappa shape index (κ3) is 5.23. The van der Waals surface area contributed by atoms with E-state index in [-0.39, 0.29) is 6.10 Å². The van der Waals surface area contributed by atoms with Gasteiger partial charge in [0.05, 0.1) is 6.10 Å². The van der Waals surface area contributed by atoms with Crippen molar-refractivity contribution in [2.24, 2.45) is 0 Å². The summed E-state index contributed by atoms with van der Waals surface area (Å²) < 4.78 is 5.86. The van der Waals surface area contributed by atoms with Crippen LogP contribution >= 0.6 is 11.8 Å². The van der Waals surface area contributed by atoms with Crippen LogP contribution in [0.4, 0.5) is 0 Å². The second kappa shape index (κ2) is 8.70. The highest BCUT2D eigenvalue weighted by atomic mass is 32.2. The summed E-state index contributed by atoms with van der Waals surface area (Å²) in [5, 5.41) is 4.45. The predicted octanol–water partition coefficient (Wildman–Crippen LogP) is 4.80. The first-order valence-corrected chi connectivity index (χ1v) is 9.37. The van der Waals surface area contributed by atoms with E-state index in [2.05, 4.69) is 62.1 Å². The Bertz CT molecular complexity index is 415. The van der Waals surface area contributed by atoms with E-state index >= 15 is 0 Å². The van der Waals surface area contributed by atoms with Crippen LogP contribution in [0.2, 0.25) is 0 Å². The first kappa shape index (κ1) is 16.7. The summed E-state index contributed by atoms with van der Waals surface area (Å²) in [7, 11) is 0. The summed E-state index contributed by atoms with van der Waals surface area (Å²) in [5.74, 6) is 2.29. The van der Waals surface area contributed by atoms with Crippen LogP contribution in [0.5, 0.6) is 5.75 Å². The number of benzene rings is 1. The summed E-state index contributed by atoms with van der Waals surface area (Å²) in [6, 6.07) is 9.11. The van der Waals surface area contributed by atoms with E-state index in [1.807, 2.05) is 0 Å². The number of nitrogens with one attached hydrogen (secondary N) is 1. The van der Waals surface area contributed by atoms with Gasteiger partial charge >= 0.3 is 0 Å². The maximum Gasteiger partial charge on any atom is 0.120 e. The van der Waals surface area contributed by atoms with Gasteiger partial charge in [0.15, 0.2) is 0 Å². The van der Waals surface area contributed by atoms with Crippen molar-refractivity contribution in [2.75, 3.05) is 12.3 Å². The zero-order chi connectivity index (χ0) is 15.1. The quantitative estimate of drug-likeness (QED) is 0.782. The van der Waals surface area contributed by atoms with Crippen LogP contribution < -0.4 is 10.1 Å². The smallest absolute Gasteiger partial charge is 0.120 e. The van der Waals surface area contributed by atoms with Crippen molar-refractivity contribution in [2.45, 2.75) is 63.9 Å². The third-order valence-corrected chi connectivity index (χ3v) is 5.25. The van der Waals surface area contributed by atoms with E-state index in [1.165, 1.54) is 37.0 Å². The molecule has 0 bridgehead atoms. The minimum atomic E-state index is 0.228. The molecular weight excluding hydrogens is 278 g/mol. The molecule has 1 N–H and O–H groups in total. The minimum Gasteiger partial charge on any atom is -0.491 e. The number of rotatable bonds is 7.